The molecule has 1 aliphatic heterocycles. The summed E-state index contributed by atoms with van der Waals surface area (Å²) in [6, 6.07) is 9.11. The lowest BCUT2D eigenvalue weighted by atomic mass is 9.89. The highest BCUT2D eigenvalue weighted by molar-refractivity contribution is 5.93. The summed E-state index contributed by atoms with van der Waals surface area (Å²) in [7, 11) is 0. The van der Waals surface area contributed by atoms with E-state index in [1.165, 1.54) is 12.5 Å². The third-order valence-electron chi connectivity index (χ3n) is 6.70. The maximum Gasteiger partial charge on any atom is 0.246 e. The molecule has 1 saturated heterocycles. The Morgan fingerprint density at radius 3 is 2.41 bits per heavy atom. The van der Waals surface area contributed by atoms with Crippen LogP contribution in [0.15, 0.2) is 30.3 Å². The first-order valence-corrected chi connectivity index (χ1v) is 12.2. The molecule has 0 saturated carbocycles. The van der Waals surface area contributed by atoms with E-state index in [9.17, 15) is 14.4 Å². The smallest absolute Gasteiger partial charge is 0.246 e. The van der Waals surface area contributed by atoms with Crippen molar-refractivity contribution in [3.63, 3.8) is 0 Å². The minimum atomic E-state index is -0.595. The summed E-state index contributed by atoms with van der Waals surface area (Å²) in [5.41, 5.74) is 1.21. The molecule has 6 heteroatoms. The van der Waals surface area contributed by atoms with Crippen molar-refractivity contribution in [2.45, 2.75) is 78.8 Å². The summed E-state index contributed by atoms with van der Waals surface area (Å²) >= 11 is 0. The van der Waals surface area contributed by atoms with E-state index in [0.717, 1.165) is 32.1 Å². The number of nitrogens with zero attached hydrogens (tertiary/aromatic N) is 2. The molecule has 3 amide bonds. The van der Waals surface area contributed by atoms with Crippen LogP contribution in [-0.2, 0) is 20.8 Å². The highest BCUT2D eigenvalue weighted by atomic mass is 16.2. The molecular weight excluding hydrogens is 402 g/mol. The third-order valence-corrected chi connectivity index (χ3v) is 6.70. The van der Waals surface area contributed by atoms with Gasteiger partial charge in [0.15, 0.2) is 0 Å². The first-order chi connectivity index (χ1) is 15.3. The second-order valence-corrected chi connectivity index (χ2v) is 9.22. The van der Waals surface area contributed by atoms with Gasteiger partial charge < -0.3 is 15.1 Å². The molecular formula is C26H41N3O3. The molecule has 1 N–H and O–H groups in total. The summed E-state index contributed by atoms with van der Waals surface area (Å²) in [5, 5.41) is 2.85. The van der Waals surface area contributed by atoms with Crippen LogP contribution in [0.1, 0.15) is 65.9 Å². The number of piperazine rings is 1. The van der Waals surface area contributed by atoms with Crippen molar-refractivity contribution in [2.24, 2.45) is 11.8 Å². The van der Waals surface area contributed by atoms with E-state index in [2.05, 4.69) is 31.3 Å². The van der Waals surface area contributed by atoms with E-state index >= 15 is 0 Å². The van der Waals surface area contributed by atoms with E-state index in [1.807, 2.05) is 36.9 Å². The zero-order valence-electron chi connectivity index (χ0n) is 20.5. The summed E-state index contributed by atoms with van der Waals surface area (Å²) in [5.74, 6) is -0.231. The van der Waals surface area contributed by atoms with Gasteiger partial charge in [0.05, 0.1) is 0 Å². The molecule has 1 aliphatic rings. The molecule has 1 aromatic rings. The van der Waals surface area contributed by atoms with Crippen molar-refractivity contribution in [2.75, 3.05) is 19.6 Å². The molecule has 0 spiro atoms. The van der Waals surface area contributed by atoms with Gasteiger partial charge in [-0.1, -0.05) is 77.3 Å². The summed E-state index contributed by atoms with van der Waals surface area (Å²) in [6.45, 7) is 11.3. The molecule has 0 aromatic heterocycles. The predicted octanol–water partition coefficient (Wildman–Crippen LogP) is 3.65. The minimum Gasteiger partial charge on any atom is -0.344 e. The molecule has 0 radical (unpaired) electrons. The number of carbonyl (C=O) groups excluding carboxylic acids is 3. The fourth-order valence-corrected chi connectivity index (χ4v) is 4.49. The lowest BCUT2D eigenvalue weighted by Crippen LogP contribution is -2.64. The number of benzene rings is 1. The second-order valence-electron chi connectivity index (χ2n) is 9.22. The monoisotopic (exact) mass is 443 g/mol. The third kappa shape index (κ3) is 6.81. The minimum absolute atomic E-state index is 0.00390. The molecule has 6 nitrogen and oxygen atoms in total. The highest BCUT2D eigenvalue weighted by Gasteiger charge is 2.43. The topological polar surface area (TPSA) is 69.7 Å². The Bertz CT molecular complexity index is 752. The van der Waals surface area contributed by atoms with Crippen molar-refractivity contribution >= 4 is 17.7 Å². The van der Waals surface area contributed by atoms with Gasteiger partial charge in [0.25, 0.3) is 0 Å². The van der Waals surface area contributed by atoms with Crippen molar-refractivity contribution < 1.29 is 14.4 Å². The molecule has 1 heterocycles. The molecule has 0 unspecified atom stereocenters. The molecule has 32 heavy (non-hydrogen) atoms. The number of unbranched alkanes of at least 4 members (excludes halogenated alkanes) is 1. The number of carbonyl (C=O) groups is 3. The van der Waals surface area contributed by atoms with Crippen molar-refractivity contribution in [3.8, 4) is 0 Å². The van der Waals surface area contributed by atoms with Crippen molar-refractivity contribution in [1.29, 1.82) is 0 Å². The highest BCUT2D eigenvalue weighted by Crippen LogP contribution is 2.25. The Kier molecular flexibility index (Phi) is 10.2. The van der Waals surface area contributed by atoms with Crippen LogP contribution in [0.5, 0.6) is 0 Å². The average molecular weight is 444 g/mol. The Balaban J connectivity index is 2.22. The van der Waals surface area contributed by atoms with Crippen LogP contribution in [0.3, 0.4) is 0 Å². The normalized spacial score (nSPS) is 19.4. The molecule has 1 aromatic carbocycles. The molecule has 2 rings (SSSR count). The standard InChI is InChI=1S/C26H41N3O3/c1-6-8-12-20(4)24-26(32)28(16-15-22-13-10-9-11-14-22)17-18-29(24)25(31)23(19(3)7-2)27-21(5)30/h9-11,13-14,19-20,23-24H,6-8,12,15-18H2,1-5H3,(H,27,30)/t19-,20-,23+,24-/m0/s1. The Hall–Kier alpha value is -2.37. The van der Waals surface area contributed by atoms with Gasteiger partial charge in [-0.25, -0.2) is 0 Å². The Morgan fingerprint density at radius 1 is 1.12 bits per heavy atom. The fourth-order valence-electron chi connectivity index (χ4n) is 4.49. The van der Waals surface area contributed by atoms with Crippen LogP contribution < -0.4 is 5.32 Å². The first kappa shape index (κ1) is 25.9. The SMILES string of the molecule is CCCC[C@H](C)[C@H]1C(=O)N(CCc2ccccc2)CCN1C(=O)[C@H](NC(C)=O)[C@@H](C)CC. The largest absolute Gasteiger partial charge is 0.344 e. The van der Waals surface area contributed by atoms with E-state index < -0.39 is 12.1 Å². The molecule has 4 atom stereocenters. The Morgan fingerprint density at radius 2 is 1.81 bits per heavy atom. The van der Waals surface area contributed by atoms with E-state index in [0.29, 0.717) is 19.6 Å². The summed E-state index contributed by atoms with van der Waals surface area (Å²) in [4.78, 5) is 42.7. The maximum atomic E-state index is 13.6. The molecule has 0 aliphatic carbocycles. The predicted molar refractivity (Wildman–Crippen MR) is 128 cm³/mol. The quantitative estimate of drug-likeness (QED) is 0.568. The van der Waals surface area contributed by atoms with Crippen molar-refractivity contribution in [1.82, 2.24) is 15.1 Å². The molecule has 178 valence electrons. The van der Waals surface area contributed by atoms with Gasteiger partial charge in [-0.3, -0.25) is 14.4 Å². The van der Waals surface area contributed by atoms with Gasteiger partial charge in [-0.2, -0.15) is 0 Å². The lowest BCUT2D eigenvalue weighted by Gasteiger charge is -2.45. The zero-order chi connectivity index (χ0) is 23.7. The number of amides is 3. The van der Waals surface area contributed by atoms with Gasteiger partial charge in [0, 0.05) is 26.6 Å². The number of hydrogen-bond donors (Lipinski definition) is 1. The van der Waals surface area contributed by atoms with Gasteiger partial charge >= 0.3 is 0 Å². The Labute approximate surface area is 193 Å². The van der Waals surface area contributed by atoms with Gasteiger partial charge in [0.2, 0.25) is 17.7 Å². The average Bonchev–Trinajstić information content (AvgIpc) is 2.79. The number of hydrogen-bond acceptors (Lipinski definition) is 3. The van der Waals surface area contributed by atoms with Crippen LogP contribution in [0, 0.1) is 11.8 Å². The second kappa shape index (κ2) is 12.6. The van der Waals surface area contributed by atoms with Crippen molar-refractivity contribution in [3.05, 3.63) is 35.9 Å². The molecule has 1 fully saturated rings. The van der Waals surface area contributed by atoms with E-state index in [-0.39, 0.29) is 29.6 Å². The summed E-state index contributed by atoms with van der Waals surface area (Å²) < 4.78 is 0. The number of rotatable bonds is 11. The lowest BCUT2D eigenvalue weighted by molar-refractivity contribution is -0.156. The first-order valence-electron chi connectivity index (χ1n) is 12.2. The van der Waals surface area contributed by atoms with Gasteiger partial charge in [-0.05, 0) is 30.2 Å². The van der Waals surface area contributed by atoms with Crippen LogP contribution >= 0.6 is 0 Å². The molecule has 0 bridgehead atoms. The van der Waals surface area contributed by atoms with Crippen LogP contribution in [0.25, 0.3) is 0 Å². The summed E-state index contributed by atoms with van der Waals surface area (Å²) in [6.07, 6.45) is 4.56. The van der Waals surface area contributed by atoms with Crippen LogP contribution in [0.2, 0.25) is 0 Å². The maximum absolute atomic E-state index is 13.6. The van der Waals surface area contributed by atoms with Crippen LogP contribution in [-0.4, -0.2) is 59.2 Å². The number of nitrogens with one attached hydrogen (secondary N) is 1. The van der Waals surface area contributed by atoms with E-state index in [4.69, 9.17) is 0 Å². The van der Waals surface area contributed by atoms with Crippen LogP contribution in [0.4, 0.5) is 0 Å². The fraction of sp³-hybridized carbons (Fsp3) is 0.654. The van der Waals surface area contributed by atoms with Gasteiger partial charge in [-0.15, -0.1) is 0 Å². The van der Waals surface area contributed by atoms with Gasteiger partial charge in [0.1, 0.15) is 12.1 Å². The zero-order valence-corrected chi connectivity index (χ0v) is 20.5. The van der Waals surface area contributed by atoms with E-state index in [1.54, 1.807) is 4.90 Å².